The van der Waals surface area contributed by atoms with Crippen molar-refractivity contribution >= 4 is 11.7 Å². The number of nitrogens with two attached hydrogens (primary N) is 1. The summed E-state index contributed by atoms with van der Waals surface area (Å²) in [6, 6.07) is 8.73. The predicted molar refractivity (Wildman–Crippen MR) is 134 cm³/mol. The molecule has 3 aromatic rings. The van der Waals surface area contributed by atoms with Gasteiger partial charge in [0, 0.05) is 62.7 Å². The Hall–Kier alpha value is -3.43. The molecule has 3 N–H and O–H groups in total. The van der Waals surface area contributed by atoms with E-state index >= 15 is 0 Å². The molecule has 2 aromatic heterocycles. The van der Waals surface area contributed by atoms with Crippen molar-refractivity contribution < 1.29 is 9.23 Å². The highest BCUT2D eigenvalue weighted by Crippen LogP contribution is 2.38. The van der Waals surface area contributed by atoms with Gasteiger partial charge in [-0.15, -0.1) is 0 Å². The molecule has 182 valence electrons. The lowest BCUT2D eigenvalue weighted by Gasteiger charge is -2.28. The molecular weight excluding hydrogens is 445 g/mol. The minimum absolute atomic E-state index is 0.0301. The molecule has 1 unspecified atom stereocenters. The first-order valence-corrected chi connectivity index (χ1v) is 12.0. The van der Waals surface area contributed by atoms with E-state index in [0.717, 1.165) is 72.1 Å². The van der Waals surface area contributed by atoms with Crippen molar-refractivity contribution in [2.75, 3.05) is 45.1 Å². The Morgan fingerprint density at radius 1 is 1.20 bits per heavy atom. The molecule has 1 aliphatic carbocycles. The number of benzene rings is 1. The Labute approximate surface area is 204 Å². The number of anilines is 1. The van der Waals surface area contributed by atoms with E-state index in [2.05, 4.69) is 30.3 Å². The number of nitrogens with zero attached hydrogens (tertiary/aromatic N) is 5. The zero-order chi connectivity index (χ0) is 24.2. The third-order valence-electron chi connectivity index (χ3n) is 6.66. The number of rotatable bonds is 6. The van der Waals surface area contributed by atoms with E-state index < -0.39 is 0 Å². The van der Waals surface area contributed by atoms with Crippen molar-refractivity contribution in [2.45, 2.75) is 25.7 Å². The van der Waals surface area contributed by atoms with Gasteiger partial charge in [0.15, 0.2) is 0 Å². The normalized spacial score (nSPS) is 19.5. The van der Waals surface area contributed by atoms with Crippen molar-refractivity contribution in [2.24, 2.45) is 5.16 Å². The molecule has 0 spiro atoms. The lowest BCUT2D eigenvalue weighted by Crippen LogP contribution is -2.44. The Balaban J connectivity index is 1.45. The van der Waals surface area contributed by atoms with Crippen LogP contribution in [0.3, 0.4) is 0 Å². The van der Waals surface area contributed by atoms with E-state index in [4.69, 9.17) is 10.6 Å². The molecule has 1 saturated heterocycles. The number of pyridine rings is 1. The Morgan fingerprint density at radius 2 is 2.06 bits per heavy atom. The summed E-state index contributed by atoms with van der Waals surface area (Å²) in [6.45, 7) is 7.28. The molecule has 0 bridgehead atoms. The third-order valence-corrected chi connectivity index (χ3v) is 6.66. The second-order valence-electron chi connectivity index (χ2n) is 9.03. The lowest BCUT2D eigenvalue weighted by molar-refractivity contribution is 0.105. The Morgan fingerprint density at radius 3 is 2.86 bits per heavy atom. The number of hydrogen-bond donors (Lipinski definition) is 2. The summed E-state index contributed by atoms with van der Waals surface area (Å²) >= 11 is 0. The van der Waals surface area contributed by atoms with Crippen LogP contribution in [0.25, 0.3) is 11.1 Å². The molecule has 1 aromatic carbocycles. The lowest BCUT2D eigenvalue weighted by atomic mass is 9.78. The standard InChI is InChI=1S/C26H30FN7O/c1-17-25-23(32-26(28)31-17)13-19(14-24(25)33-35-12-11-34-9-7-29-8-10-34)21-5-4-20(27)15-22(21)18-3-2-6-30-16-18/h2-6,15-16,19,29H,7-14H2,1H3,(H2,28,31,32)/b33-24+. The highest BCUT2D eigenvalue weighted by atomic mass is 19.1. The van der Waals surface area contributed by atoms with Gasteiger partial charge in [-0.3, -0.25) is 9.88 Å². The van der Waals surface area contributed by atoms with E-state index in [1.54, 1.807) is 18.5 Å². The number of nitrogens with one attached hydrogen (secondary N) is 1. The zero-order valence-corrected chi connectivity index (χ0v) is 19.9. The van der Waals surface area contributed by atoms with Gasteiger partial charge in [0.2, 0.25) is 5.95 Å². The molecule has 0 radical (unpaired) electrons. The van der Waals surface area contributed by atoms with E-state index in [9.17, 15) is 4.39 Å². The van der Waals surface area contributed by atoms with Gasteiger partial charge in [0.05, 0.1) is 17.1 Å². The summed E-state index contributed by atoms with van der Waals surface area (Å²) in [4.78, 5) is 21.3. The Kier molecular flexibility index (Phi) is 6.96. The summed E-state index contributed by atoms with van der Waals surface area (Å²) in [5.74, 6) is -0.00801. The number of fused-ring (bicyclic) bond motifs is 1. The highest BCUT2D eigenvalue weighted by Gasteiger charge is 2.30. The van der Waals surface area contributed by atoms with Crippen LogP contribution >= 0.6 is 0 Å². The smallest absolute Gasteiger partial charge is 0.220 e. The molecular formula is C26H30FN7O. The molecule has 0 amide bonds. The van der Waals surface area contributed by atoms with Crippen molar-refractivity contribution in [3.05, 3.63) is 71.1 Å². The second-order valence-corrected chi connectivity index (χ2v) is 9.03. The van der Waals surface area contributed by atoms with Crippen LogP contribution in [0.15, 0.2) is 47.9 Å². The van der Waals surface area contributed by atoms with E-state index in [-0.39, 0.29) is 17.7 Å². The average Bonchev–Trinajstić information content (AvgIpc) is 2.87. The number of piperazine rings is 1. The van der Waals surface area contributed by atoms with Gasteiger partial charge in [-0.25, -0.2) is 14.4 Å². The van der Waals surface area contributed by atoms with Gasteiger partial charge in [-0.05, 0) is 48.6 Å². The SMILES string of the molecule is Cc1nc(N)nc2c1/C(=N/OCCN1CCNCC1)CC(c1ccc(F)cc1-c1cccnc1)C2. The van der Waals surface area contributed by atoms with Crippen molar-refractivity contribution in [3.8, 4) is 11.1 Å². The van der Waals surface area contributed by atoms with Gasteiger partial charge in [-0.1, -0.05) is 17.3 Å². The molecule has 3 heterocycles. The maximum atomic E-state index is 14.3. The topological polar surface area (TPSA) is 102 Å². The Bertz CT molecular complexity index is 1210. The number of halogens is 1. The van der Waals surface area contributed by atoms with Gasteiger partial charge < -0.3 is 15.9 Å². The molecule has 35 heavy (non-hydrogen) atoms. The fourth-order valence-electron chi connectivity index (χ4n) is 5.01. The molecule has 9 heteroatoms. The molecule has 8 nitrogen and oxygen atoms in total. The first-order valence-electron chi connectivity index (χ1n) is 12.0. The number of aromatic nitrogens is 3. The maximum Gasteiger partial charge on any atom is 0.220 e. The van der Waals surface area contributed by atoms with Crippen LogP contribution < -0.4 is 11.1 Å². The average molecular weight is 476 g/mol. The van der Waals surface area contributed by atoms with E-state index in [1.165, 1.54) is 6.07 Å². The third kappa shape index (κ3) is 5.31. The van der Waals surface area contributed by atoms with Crippen LogP contribution in [0.2, 0.25) is 0 Å². The predicted octanol–water partition coefficient (Wildman–Crippen LogP) is 2.92. The van der Waals surface area contributed by atoms with Gasteiger partial charge in [-0.2, -0.15) is 0 Å². The fourth-order valence-corrected chi connectivity index (χ4v) is 5.01. The van der Waals surface area contributed by atoms with E-state index in [1.807, 2.05) is 25.1 Å². The zero-order valence-electron chi connectivity index (χ0n) is 19.9. The summed E-state index contributed by atoms with van der Waals surface area (Å²) < 4.78 is 14.3. The van der Waals surface area contributed by atoms with Crippen LogP contribution in [0.4, 0.5) is 10.3 Å². The van der Waals surface area contributed by atoms with Crippen molar-refractivity contribution in [1.82, 2.24) is 25.2 Å². The van der Waals surface area contributed by atoms with Crippen LogP contribution in [0.1, 0.15) is 34.9 Å². The van der Waals surface area contributed by atoms with Gasteiger partial charge in [0.25, 0.3) is 0 Å². The van der Waals surface area contributed by atoms with Gasteiger partial charge in [0.1, 0.15) is 12.4 Å². The second kappa shape index (κ2) is 10.5. The van der Waals surface area contributed by atoms with Crippen LogP contribution in [0.5, 0.6) is 0 Å². The molecule has 1 fully saturated rings. The van der Waals surface area contributed by atoms with Crippen LogP contribution in [0, 0.1) is 12.7 Å². The van der Waals surface area contributed by atoms with Gasteiger partial charge >= 0.3 is 0 Å². The fraction of sp³-hybridized carbons (Fsp3) is 0.385. The summed E-state index contributed by atoms with van der Waals surface area (Å²) in [5, 5.41) is 7.92. The molecule has 2 aliphatic rings. The molecule has 5 rings (SSSR count). The van der Waals surface area contributed by atoms with E-state index in [0.29, 0.717) is 19.4 Å². The van der Waals surface area contributed by atoms with Crippen LogP contribution in [-0.4, -0.2) is 64.9 Å². The number of aryl methyl sites for hydroxylation is 1. The van der Waals surface area contributed by atoms with Crippen molar-refractivity contribution in [3.63, 3.8) is 0 Å². The summed E-state index contributed by atoms with van der Waals surface area (Å²) in [7, 11) is 0. The monoisotopic (exact) mass is 475 g/mol. The maximum absolute atomic E-state index is 14.3. The number of hydrogen-bond acceptors (Lipinski definition) is 8. The minimum atomic E-state index is -0.281. The van der Waals surface area contributed by atoms with Crippen molar-refractivity contribution in [1.29, 1.82) is 0 Å². The first-order chi connectivity index (χ1) is 17.1. The quantitative estimate of drug-likeness (QED) is 0.418. The summed E-state index contributed by atoms with van der Waals surface area (Å²) in [5.41, 5.74) is 12.1. The molecule has 1 aliphatic heterocycles. The summed E-state index contributed by atoms with van der Waals surface area (Å²) in [6.07, 6.45) is 4.76. The molecule has 0 saturated carbocycles. The number of oxime groups is 1. The first kappa shape index (κ1) is 23.3. The molecule has 1 atom stereocenters. The largest absolute Gasteiger partial charge is 0.394 e. The number of nitrogen functional groups attached to an aromatic ring is 1. The van der Waals surface area contributed by atoms with Crippen LogP contribution in [-0.2, 0) is 11.3 Å². The highest BCUT2D eigenvalue weighted by molar-refractivity contribution is 6.03. The minimum Gasteiger partial charge on any atom is -0.394 e.